The van der Waals surface area contributed by atoms with Gasteiger partial charge in [-0.05, 0) is 25.7 Å². The predicted octanol–water partition coefficient (Wildman–Crippen LogP) is -0.125. The van der Waals surface area contributed by atoms with Gasteiger partial charge in [0.1, 0.15) is 0 Å². The van der Waals surface area contributed by atoms with Gasteiger partial charge in [0.2, 0.25) is 0 Å². The molecule has 1 aliphatic carbocycles. The Morgan fingerprint density at radius 1 is 1.25 bits per heavy atom. The van der Waals surface area contributed by atoms with Crippen molar-refractivity contribution in [2.75, 3.05) is 26.2 Å². The number of carboxylic acid groups (broad SMARTS) is 1. The minimum Gasteiger partial charge on any atom is -0.481 e. The Morgan fingerprint density at radius 2 is 1.95 bits per heavy atom. The van der Waals surface area contributed by atoms with Crippen LogP contribution in [-0.4, -0.2) is 65.5 Å². The van der Waals surface area contributed by atoms with Crippen molar-refractivity contribution in [1.82, 2.24) is 8.61 Å². The lowest BCUT2D eigenvalue weighted by Gasteiger charge is -2.40. The van der Waals surface area contributed by atoms with Gasteiger partial charge in [0.15, 0.2) is 0 Å². The van der Waals surface area contributed by atoms with Gasteiger partial charge in [-0.15, -0.1) is 0 Å². The molecule has 0 aromatic rings. The van der Waals surface area contributed by atoms with Crippen LogP contribution in [0.15, 0.2) is 0 Å². The van der Waals surface area contributed by atoms with Gasteiger partial charge in [-0.1, -0.05) is 6.42 Å². The third-order valence-corrected chi connectivity index (χ3v) is 6.22. The molecule has 0 radical (unpaired) electrons. The summed E-state index contributed by atoms with van der Waals surface area (Å²) in [6, 6.07) is -0.0441. The third-order valence-electron chi connectivity index (χ3n) is 4.16. The fourth-order valence-corrected chi connectivity index (χ4v) is 4.69. The zero-order valence-electron chi connectivity index (χ0n) is 11.4. The molecule has 1 aliphatic heterocycles. The number of aliphatic hydroxyl groups is 1. The third kappa shape index (κ3) is 3.13. The first kappa shape index (κ1) is 15.7. The van der Waals surface area contributed by atoms with Crippen molar-refractivity contribution in [3.05, 3.63) is 0 Å². The van der Waals surface area contributed by atoms with E-state index in [2.05, 4.69) is 0 Å². The summed E-state index contributed by atoms with van der Waals surface area (Å²) >= 11 is 0. The molecule has 1 unspecified atom stereocenters. The van der Waals surface area contributed by atoms with Crippen LogP contribution < -0.4 is 0 Å². The molecule has 8 heteroatoms. The second kappa shape index (κ2) is 6.38. The Morgan fingerprint density at radius 3 is 2.45 bits per heavy atom. The maximum atomic E-state index is 12.6. The number of aliphatic hydroxyl groups excluding tert-OH is 1. The van der Waals surface area contributed by atoms with Crippen LogP contribution in [-0.2, 0) is 15.0 Å². The lowest BCUT2D eigenvalue weighted by molar-refractivity contribution is -0.142. The highest BCUT2D eigenvalue weighted by Crippen LogP contribution is 2.30. The Balaban J connectivity index is 2.12. The number of hydrogen-bond acceptors (Lipinski definition) is 4. The highest BCUT2D eigenvalue weighted by Gasteiger charge is 2.40. The maximum Gasteiger partial charge on any atom is 0.307 e. The Labute approximate surface area is 119 Å². The summed E-state index contributed by atoms with van der Waals surface area (Å²) in [6.07, 6.45) is 3.71. The van der Waals surface area contributed by atoms with Crippen LogP contribution in [0.25, 0.3) is 0 Å². The molecule has 1 heterocycles. The van der Waals surface area contributed by atoms with Crippen LogP contribution in [0.3, 0.4) is 0 Å². The fraction of sp³-hybridized carbons (Fsp3) is 0.917. The number of carboxylic acids is 1. The van der Waals surface area contributed by atoms with Gasteiger partial charge in [0, 0.05) is 25.7 Å². The Hall–Kier alpha value is -0.700. The first-order chi connectivity index (χ1) is 9.46. The molecule has 0 aromatic heterocycles. The lowest BCUT2D eigenvalue weighted by atomic mass is 9.93. The summed E-state index contributed by atoms with van der Waals surface area (Å²) in [5.74, 6) is -1.57. The average Bonchev–Trinajstić information content (AvgIpc) is 2.36. The normalized spacial score (nSPS) is 25.6. The van der Waals surface area contributed by atoms with Gasteiger partial charge < -0.3 is 10.2 Å². The first-order valence-corrected chi connectivity index (χ1v) is 8.47. The van der Waals surface area contributed by atoms with Crippen LogP contribution in [0, 0.1) is 5.92 Å². The number of rotatable bonds is 6. The minimum absolute atomic E-state index is 0.0340. The van der Waals surface area contributed by atoms with Crippen molar-refractivity contribution in [3.8, 4) is 0 Å². The van der Waals surface area contributed by atoms with Gasteiger partial charge in [-0.25, -0.2) is 0 Å². The smallest absolute Gasteiger partial charge is 0.307 e. The second-order valence-electron chi connectivity index (χ2n) is 5.46. The summed E-state index contributed by atoms with van der Waals surface area (Å²) in [5, 5.41) is 18.1. The van der Waals surface area contributed by atoms with Crippen molar-refractivity contribution < 1.29 is 23.4 Å². The van der Waals surface area contributed by atoms with E-state index >= 15 is 0 Å². The van der Waals surface area contributed by atoms with Crippen molar-refractivity contribution >= 4 is 16.2 Å². The van der Waals surface area contributed by atoms with Gasteiger partial charge >= 0.3 is 5.97 Å². The first-order valence-electron chi connectivity index (χ1n) is 7.07. The van der Waals surface area contributed by atoms with E-state index < -0.39 is 22.1 Å². The summed E-state index contributed by atoms with van der Waals surface area (Å²) in [5.41, 5.74) is 0. The summed E-state index contributed by atoms with van der Waals surface area (Å²) < 4.78 is 27.9. The molecule has 0 amide bonds. The van der Waals surface area contributed by atoms with Gasteiger partial charge in [0.25, 0.3) is 10.2 Å². The van der Waals surface area contributed by atoms with Gasteiger partial charge in [0.05, 0.1) is 12.5 Å². The van der Waals surface area contributed by atoms with Crippen LogP contribution in [0.1, 0.15) is 32.1 Å². The van der Waals surface area contributed by atoms with Crippen LogP contribution in [0.2, 0.25) is 0 Å². The van der Waals surface area contributed by atoms with Gasteiger partial charge in [-0.3, -0.25) is 4.79 Å². The number of aliphatic carboxylic acids is 1. The summed E-state index contributed by atoms with van der Waals surface area (Å²) in [6.45, 7) is 0.264. The molecule has 116 valence electrons. The monoisotopic (exact) mass is 306 g/mol. The van der Waals surface area contributed by atoms with Crippen molar-refractivity contribution in [3.63, 3.8) is 0 Å². The summed E-state index contributed by atoms with van der Waals surface area (Å²) in [4.78, 5) is 11.0. The maximum absolute atomic E-state index is 12.6. The van der Waals surface area contributed by atoms with E-state index in [0.29, 0.717) is 19.4 Å². The molecule has 20 heavy (non-hydrogen) atoms. The molecule has 2 fully saturated rings. The van der Waals surface area contributed by atoms with Crippen LogP contribution >= 0.6 is 0 Å². The molecule has 7 nitrogen and oxygen atoms in total. The van der Waals surface area contributed by atoms with Crippen molar-refractivity contribution in [1.29, 1.82) is 0 Å². The van der Waals surface area contributed by atoms with Gasteiger partial charge in [-0.2, -0.15) is 17.0 Å². The molecule has 0 aromatic carbocycles. The van der Waals surface area contributed by atoms with E-state index in [1.807, 2.05) is 0 Å². The molecule has 1 saturated heterocycles. The molecular formula is C12H22N2O5S. The highest BCUT2D eigenvalue weighted by atomic mass is 32.2. The Kier molecular flexibility index (Phi) is 5.00. The van der Waals surface area contributed by atoms with E-state index in [1.54, 1.807) is 0 Å². The second-order valence-corrected chi connectivity index (χ2v) is 7.34. The Bertz CT molecular complexity index is 449. The molecule has 2 N–H and O–H groups in total. The molecule has 2 aliphatic rings. The molecule has 1 saturated carbocycles. The molecule has 2 rings (SSSR count). The molecule has 1 atom stereocenters. The molecular weight excluding hydrogens is 284 g/mol. The number of piperidine rings is 1. The number of nitrogens with zero attached hydrogens (tertiary/aromatic N) is 2. The molecule has 0 bridgehead atoms. The van der Waals surface area contributed by atoms with E-state index in [4.69, 9.17) is 10.2 Å². The zero-order valence-corrected chi connectivity index (χ0v) is 12.3. The van der Waals surface area contributed by atoms with E-state index in [1.165, 1.54) is 8.61 Å². The number of carbonyl (C=O) groups is 1. The van der Waals surface area contributed by atoms with Crippen LogP contribution in [0.4, 0.5) is 0 Å². The number of hydrogen-bond donors (Lipinski definition) is 2. The topological polar surface area (TPSA) is 98.2 Å². The zero-order chi connectivity index (χ0) is 14.8. The van der Waals surface area contributed by atoms with Crippen molar-refractivity contribution in [2.24, 2.45) is 5.92 Å². The minimum atomic E-state index is -3.67. The standard InChI is InChI=1S/C12H22N2O5S/c15-8-7-14(11-4-1-5-11)20(18,19)13-6-2-3-10(9-13)12(16)17/h10-11,15H,1-9H2,(H,16,17). The van der Waals surface area contributed by atoms with E-state index in [9.17, 15) is 13.2 Å². The lowest BCUT2D eigenvalue weighted by Crippen LogP contribution is -2.54. The summed E-state index contributed by atoms with van der Waals surface area (Å²) in [7, 11) is -3.67. The quantitative estimate of drug-likeness (QED) is 0.712. The molecule has 0 spiro atoms. The highest BCUT2D eigenvalue weighted by molar-refractivity contribution is 7.86. The van der Waals surface area contributed by atoms with Crippen molar-refractivity contribution in [2.45, 2.75) is 38.1 Å². The predicted molar refractivity (Wildman–Crippen MR) is 72.3 cm³/mol. The van der Waals surface area contributed by atoms with E-state index in [-0.39, 0.29) is 25.7 Å². The fourth-order valence-electron chi connectivity index (χ4n) is 2.76. The largest absolute Gasteiger partial charge is 0.481 e. The van der Waals surface area contributed by atoms with Crippen LogP contribution in [0.5, 0.6) is 0 Å². The SMILES string of the molecule is O=C(O)C1CCCN(S(=O)(=O)N(CCO)C2CCC2)C1. The van der Waals surface area contributed by atoms with E-state index in [0.717, 1.165) is 19.3 Å². The average molecular weight is 306 g/mol.